The Bertz CT molecular complexity index is 761. The van der Waals surface area contributed by atoms with E-state index in [1.807, 2.05) is 19.9 Å². The molecule has 0 aliphatic carbocycles. The maximum absolute atomic E-state index is 12.1. The molecular weight excluding hydrogens is 342 g/mol. The van der Waals surface area contributed by atoms with Gasteiger partial charge in [0, 0.05) is 6.07 Å². The standard InChI is InChI=1S/C19H20ClNO4/c1-3-8-24-15-6-5-14(11-22)18(10-15)25-12-19(23)21-17-7-4-13(2)9-16(17)20/h4-7,9-11H,3,8,12H2,1-2H3,(H,21,23). The molecule has 132 valence electrons. The van der Waals surface area contributed by atoms with E-state index in [4.69, 9.17) is 21.1 Å². The van der Waals surface area contributed by atoms with Crippen LogP contribution >= 0.6 is 11.6 Å². The molecule has 0 radical (unpaired) electrons. The second kappa shape index (κ2) is 9.08. The number of halogens is 1. The molecule has 1 amide bonds. The molecule has 5 nitrogen and oxygen atoms in total. The van der Waals surface area contributed by atoms with Crippen molar-refractivity contribution in [3.8, 4) is 11.5 Å². The Hall–Kier alpha value is -2.53. The third-order valence-corrected chi connectivity index (χ3v) is 3.65. The number of rotatable bonds is 8. The number of benzene rings is 2. The number of nitrogens with one attached hydrogen (secondary N) is 1. The molecule has 0 fully saturated rings. The van der Waals surface area contributed by atoms with Crippen molar-refractivity contribution >= 4 is 29.5 Å². The van der Waals surface area contributed by atoms with E-state index in [-0.39, 0.29) is 12.5 Å². The van der Waals surface area contributed by atoms with Crippen LogP contribution in [0.3, 0.4) is 0 Å². The summed E-state index contributed by atoms with van der Waals surface area (Å²) in [6.45, 7) is 4.22. The number of hydrogen-bond acceptors (Lipinski definition) is 4. The Morgan fingerprint density at radius 3 is 2.68 bits per heavy atom. The summed E-state index contributed by atoms with van der Waals surface area (Å²) in [5.74, 6) is 0.515. The first-order chi connectivity index (χ1) is 12.0. The van der Waals surface area contributed by atoms with Gasteiger partial charge in [0.25, 0.3) is 5.91 Å². The molecule has 0 saturated heterocycles. The maximum Gasteiger partial charge on any atom is 0.262 e. The van der Waals surface area contributed by atoms with Gasteiger partial charge in [-0.3, -0.25) is 9.59 Å². The third kappa shape index (κ3) is 5.50. The van der Waals surface area contributed by atoms with Crippen LogP contribution in [-0.4, -0.2) is 25.4 Å². The number of carbonyl (C=O) groups is 2. The summed E-state index contributed by atoms with van der Waals surface area (Å²) in [5, 5.41) is 3.13. The van der Waals surface area contributed by atoms with Crippen molar-refractivity contribution in [2.75, 3.05) is 18.5 Å². The minimum Gasteiger partial charge on any atom is -0.493 e. The fourth-order valence-corrected chi connectivity index (χ4v) is 2.38. The van der Waals surface area contributed by atoms with Crippen molar-refractivity contribution in [1.82, 2.24) is 0 Å². The van der Waals surface area contributed by atoms with Crippen molar-refractivity contribution in [2.45, 2.75) is 20.3 Å². The van der Waals surface area contributed by atoms with Gasteiger partial charge >= 0.3 is 0 Å². The third-order valence-electron chi connectivity index (χ3n) is 3.34. The van der Waals surface area contributed by atoms with Crippen LogP contribution in [0, 0.1) is 6.92 Å². The van der Waals surface area contributed by atoms with E-state index in [0.717, 1.165) is 12.0 Å². The second-order valence-electron chi connectivity index (χ2n) is 5.49. The van der Waals surface area contributed by atoms with Gasteiger partial charge in [-0.15, -0.1) is 0 Å². The van der Waals surface area contributed by atoms with Gasteiger partial charge < -0.3 is 14.8 Å². The Labute approximate surface area is 151 Å². The molecule has 0 aliphatic heterocycles. The van der Waals surface area contributed by atoms with E-state index in [0.29, 0.717) is 40.7 Å². The number of hydrogen-bond donors (Lipinski definition) is 1. The van der Waals surface area contributed by atoms with E-state index in [9.17, 15) is 9.59 Å². The number of amides is 1. The lowest BCUT2D eigenvalue weighted by Gasteiger charge is -2.12. The molecule has 0 bridgehead atoms. The summed E-state index contributed by atoms with van der Waals surface area (Å²) in [4.78, 5) is 23.2. The van der Waals surface area contributed by atoms with Gasteiger partial charge in [0.05, 0.1) is 22.9 Å². The van der Waals surface area contributed by atoms with Gasteiger partial charge in [0.15, 0.2) is 12.9 Å². The van der Waals surface area contributed by atoms with E-state index < -0.39 is 0 Å². The van der Waals surface area contributed by atoms with Crippen LogP contribution in [0.25, 0.3) is 0 Å². The number of carbonyl (C=O) groups excluding carboxylic acids is 2. The number of aryl methyl sites for hydroxylation is 1. The Kier molecular flexibility index (Phi) is 6.83. The largest absolute Gasteiger partial charge is 0.493 e. The summed E-state index contributed by atoms with van der Waals surface area (Å²) in [6.07, 6.45) is 1.54. The van der Waals surface area contributed by atoms with Gasteiger partial charge in [0.1, 0.15) is 11.5 Å². The van der Waals surface area contributed by atoms with Crippen LogP contribution in [0.4, 0.5) is 5.69 Å². The van der Waals surface area contributed by atoms with Crippen LogP contribution in [0.15, 0.2) is 36.4 Å². The minimum atomic E-state index is -0.373. The molecule has 0 unspecified atom stereocenters. The lowest BCUT2D eigenvalue weighted by Crippen LogP contribution is -2.20. The maximum atomic E-state index is 12.1. The van der Waals surface area contributed by atoms with Gasteiger partial charge in [-0.1, -0.05) is 24.6 Å². The van der Waals surface area contributed by atoms with Crippen molar-refractivity contribution in [3.63, 3.8) is 0 Å². The Morgan fingerprint density at radius 2 is 2.00 bits per heavy atom. The average Bonchev–Trinajstić information content (AvgIpc) is 2.60. The Morgan fingerprint density at radius 1 is 1.20 bits per heavy atom. The normalized spacial score (nSPS) is 10.2. The van der Waals surface area contributed by atoms with Crippen LogP contribution in [0.1, 0.15) is 29.3 Å². The molecule has 1 N–H and O–H groups in total. The number of ether oxygens (including phenoxy) is 2. The van der Waals surface area contributed by atoms with Crippen LogP contribution < -0.4 is 14.8 Å². The first-order valence-electron chi connectivity index (χ1n) is 7.94. The number of aldehydes is 1. The predicted octanol–water partition coefficient (Wildman–Crippen LogP) is 4.27. The van der Waals surface area contributed by atoms with E-state index in [1.165, 1.54) is 0 Å². The van der Waals surface area contributed by atoms with Crippen LogP contribution in [0.5, 0.6) is 11.5 Å². The highest BCUT2D eigenvalue weighted by molar-refractivity contribution is 6.33. The monoisotopic (exact) mass is 361 g/mol. The van der Waals surface area contributed by atoms with Crippen molar-refractivity contribution in [3.05, 3.63) is 52.5 Å². The highest BCUT2D eigenvalue weighted by Crippen LogP contribution is 2.25. The molecule has 6 heteroatoms. The molecule has 0 aromatic heterocycles. The molecule has 0 atom stereocenters. The Balaban J connectivity index is 2.01. The molecule has 2 aromatic carbocycles. The molecule has 0 heterocycles. The summed E-state index contributed by atoms with van der Waals surface area (Å²) in [5.41, 5.74) is 1.86. The van der Waals surface area contributed by atoms with Gasteiger partial charge in [-0.25, -0.2) is 0 Å². The van der Waals surface area contributed by atoms with Crippen molar-refractivity contribution < 1.29 is 19.1 Å². The van der Waals surface area contributed by atoms with Gasteiger partial charge in [-0.2, -0.15) is 0 Å². The molecule has 2 aromatic rings. The van der Waals surface area contributed by atoms with Gasteiger partial charge in [0.2, 0.25) is 0 Å². The van der Waals surface area contributed by atoms with Crippen molar-refractivity contribution in [1.29, 1.82) is 0 Å². The predicted molar refractivity (Wildman–Crippen MR) is 97.9 cm³/mol. The van der Waals surface area contributed by atoms with Crippen LogP contribution in [0.2, 0.25) is 5.02 Å². The average molecular weight is 362 g/mol. The molecule has 0 saturated carbocycles. The fourth-order valence-electron chi connectivity index (χ4n) is 2.10. The summed E-state index contributed by atoms with van der Waals surface area (Å²) in [6, 6.07) is 10.2. The molecular formula is C19H20ClNO4. The lowest BCUT2D eigenvalue weighted by molar-refractivity contribution is -0.118. The summed E-state index contributed by atoms with van der Waals surface area (Å²) < 4.78 is 11.0. The molecule has 2 rings (SSSR count). The van der Waals surface area contributed by atoms with E-state index in [2.05, 4.69) is 5.32 Å². The zero-order valence-corrected chi connectivity index (χ0v) is 14.9. The molecule has 0 aliphatic rings. The molecule has 0 spiro atoms. The summed E-state index contributed by atoms with van der Waals surface area (Å²) in [7, 11) is 0. The molecule has 25 heavy (non-hydrogen) atoms. The highest BCUT2D eigenvalue weighted by atomic mass is 35.5. The number of anilines is 1. The fraction of sp³-hybridized carbons (Fsp3) is 0.263. The zero-order valence-electron chi connectivity index (χ0n) is 14.2. The first kappa shape index (κ1) is 18.8. The first-order valence-corrected chi connectivity index (χ1v) is 8.32. The van der Waals surface area contributed by atoms with E-state index >= 15 is 0 Å². The van der Waals surface area contributed by atoms with Crippen molar-refractivity contribution in [2.24, 2.45) is 0 Å². The smallest absolute Gasteiger partial charge is 0.262 e. The summed E-state index contributed by atoms with van der Waals surface area (Å²) >= 11 is 6.09. The quantitative estimate of drug-likeness (QED) is 0.713. The minimum absolute atomic E-state index is 0.248. The second-order valence-corrected chi connectivity index (χ2v) is 5.89. The van der Waals surface area contributed by atoms with Gasteiger partial charge in [-0.05, 0) is 43.2 Å². The highest BCUT2D eigenvalue weighted by Gasteiger charge is 2.10. The van der Waals surface area contributed by atoms with Crippen LogP contribution in [-0.2, 0) is 4.79 Å². The van der Waals surface area contributed by atoms with E-state index in [1.54, 1.807) is 30.3 Å². The lowest BCUT2D eigenvalue weighted by atomic mass is 10.2. The zero-order chi connectivity index (χ0) is 18.2. The topological polar surface area (TPSA) is 64.6 Å². The SMILES string of the molecule is CCCOc1ccc(C=O)c(OCC(=O)Nc2ccc(C)cc2Cl)c1.